The lowest BCUT2D eigenvalue weighted by Gasteiger charge is -2.12. The van der Waals surface area contributed by atoms with Gasteiger partial charge >= 0.3 is 0 Å². The SMILES string of the molecule is N=C1C(=Nc2cc(Cc3cnn(CCO)c3N)c(N)cc2N)C=NN1CCO.N=C1C(=Nc2cc(Cc3cnn(CCO)c3N)c(O)cc2O)C=NN1CCO.N=C1C(=Nc2ccc(N)cc2N)C=NN1CCO. The van der Waals surface area contributed by atoms with Crippen molar-refractivity contribution in [2.75, 3.05) is 87.1 Å². The average molecular weight is 1020 g/mol. The van der Waals surface area contributed by atoms with E-state index in [1.165, 1.54) is 55.2 Å². The molecule has 0 amide bonds. The van der Waals surface area contributed by atoms with Gasteiger partial charge in [-0.3, -0.25) is 16.2 Å². The van der Waals surface area contributed by atoms with E-state index in [4.69, 9.17) is 76.2 Å². The van der Waals surface area contributed by atoms with E-state index in [0.717, 1.165) is 11.1 Å². The van der Waals surface area contributed by atoms with Gasteiger partial charge in [0, 0.05) is 47.0 Å². The number of nitrogens with two attached hydrogens (primary N) is 6. The molecule has 29 heteroatoms. The number of aliphatic hydroxyl groups is 5. The predicted octanol–water partition coefficient (Wildman–Crippen LogP) is -0.446. The summed E-state index contributed by atoms with van der Waals surface area (Å²) in [6.45, 7) is 0.718. The maximum atomic E-state index is 10.2. The number of aliphatic imine (C=N–C) groups is 3. The Kier molecular flexibility index (Phi) is 18.0. The molecule has 5 heterocycles. The number of aromatic hydroxyl groups is 2. The summed E-state index contributed by atoms with van der Waals surface area (Å²) in [4.78, 5) is 12.9. The first-order valence-corrected chi connectivity index (χ1v) is 22.5. The largest absolute Gasteiger partial charge is 0.508 e. The van der Waals surface area contributed by atoms with Crippen LogP contribution in [-0.4, -0.2) is 176 Å². The number of phenolic OH excluding ortho intramolecular Hbond substituents is 2. The summed E-state index contributed by atoms with van der Waals surface area (Å²) < 4.78 is 2.98. The Labute approximate surface area is 422 Å². The Morgan fingerprint density at radius 2 is 0.865 bits per heavy atom. The second kappa shape index (κ2) is 24.7. The van der Waals surface area contributed by atoms with Crippen molar-refractivity contribution in [3.8, 4) is 11.5 Å². The highest BCUT2D eigenvalue weighted by Crippen LogP contribution is 2.36. The number of nitrogens with zero attached hydrogens (tertiary/aromatic N) is 13. The monoisotopic (exact) mass is 1020 g/mol. The van der Waals surface area contributed by atoms with Gasteiger partial charge in [-0.1, -0.05) is 0 Å². The summed E-state index contributed by atoms with van der Waals surface area (Å²) in [5.74, 6) is 0.674. The van der Waals surface area contributed by atoms with E-state index in [-0.39, 0.29) is 106 Å². The van der Waals surface area contributed by atoms with Gasteiger partial charge in [0.15, 0.2) is 17.5 Å². The van der Waals surface area contributed by atoms with E-state index >= 15 is 0 Å². The van der Waals surface area contributed by atoms with E-state index in [1.807, 2.05) is 0 Å². The van der Waals surface area contributed by atoms with Crippen LogP contribution in [0.15, 0.2) is 85.1 Å². The number of nitrogens with one attached hydrogen (secondary N) is 3. The smallest absolute Gasteiger partial charge is 0.169 e. The van der Waals surface area contributed by atoms with E-state index in [2.05, 4.69) is 40.5 Å². The summed E-state index contributed by atoms with van der Waals surface area (Å²) in [6.07, 6.45) is 8.12. The van der Waals surface area contributed by atoms with Crippen molar-refractivity contribution < 1.29 is 35.7 Å². The summed E-state index contributed by atoms with van der Waals surface area (Å²) in [6, 6.07) is 11.0. The van der Waals surface area contributed by atoms with Crippen LogP contribution in [0, 0.1) is 16.2 Å². The van der Waals surface area contributed by atoms with Crippen molar-refractivity contribution in [1.29, 1.82) is 16.2 Å². The van der Waals surface area contributed by atoms with Crippen molar-refractivity contribution in [2.45, 2.75) is 25.9 Å². The van der Waals surface area contributed by atoms with Gasteiger partial charge in [-0.15, -0.1) is 0 Å². The fourth-order valence-electron chi connectivity index (χ4n) is 7.08. The summed E-state index contributed by atoms with van der Waals surface area (Å²) >= 11 is 0. The predicted molar refractivity (Wildman–Crippen MR) is 285 cm³/mol. The van der Waals surface area contributed by atoms with Crippen molar-refractivity contribution in [2.24, 2.45) is 30.3 Å². The molecule has 5 aromatic rings. The molecule has 0 radical (unpaired) electrons. The molecule has 3 aliphatic heterocycles. The van der Waals surface area contributed by atoms with Crippen LogP contribution in [-0.2, 0) is 25.9 Å². The number of aromatic nitrogens is 4. The minimum absolute atomic E-state index is 0.00222. The van der Waals surface area contributed by atoms with Crippen LogP contribution in [0.5, 0.6) is 11.5 Å². The minimum atomic E-state index is -0.250. The molecular weight excluding hydrogens is 961 g/mol. The lowest BCUT2D eigenvalue weighted by atomic mass is 10.0. The molecule has 390 valence electrons. The molecule has 0 bridgehead atoms. The highest BCUT2D eigenvalue weighted by molar-refractivity contribution is 6.64. The highest BCUT2D eigenvalue weighted by atomic mass is 16.3. The first-order chi connectivity index (χ1) is 35.5. The Balaban J connectivity index is 0.000000185. The number of phenols is 2. The zero-order chi connectivity index (χ0) is 53.6. The molecule has 0 saturated heterocycles. The number of hydrogen-bond donors (Lipinski definition) is 16. The molecule has 22 N–H and O–H groups in total. The molecule has 3 aliphatic rings. The number of rotatable bonds is 17. The molecule has 0 spiro atoms. The number of benzene rings is 3. The third kappa shape index (κ3) is 13.0. The molecule has 2 aromatic heterocycles. The number of anilines is 6. The second-order valence-corrected chi connectivity index (χ2v) is 16.1. The maximum Gasteiger partial charge on any atom is 0.169 e. The Morgan fingerprint density at radius 3 is 1.32 bits per heavy atom. The first kappa shape index (κ1) is 54.1. The van der Waals surface area contributed by atoms with Crippen LogP contribution in [0.2, 0.25) is 0 Å². The lowest BCUT2D eigenvalue weighted by molar-refractivity contribution is 0.255. The molecule has 29 nitrogen and oxygen atoms in total. The number of aliphatic hydroxyl groups excluding tert-OH is 5. The van der Waals surface area contributed by atoms with E-state index in [9.17, 15) is 10.2 Å². The molecule has 0 fully saturated rings. The van der Waals surface area contributed by atoms with Gasteiger partial charge < -0.3 is 70.1 Å². The Morgan fingerprint density at radius 1 is 0.446 bits per heavy atom. The third-order valence-electron chi connectivity index (χ3n) is 10.9. The van der Waals surface area contributed by atoms with Crippen molar-refractivity contribution >= 4 is 105 Å². The van der Waals surface area contributed by atoms with E-state index in [1.54, 1.807) is 42.7 Å². The number of amidine groups is 3. The van der Waals surface area contributed by atoms with Crippen molar-refractivity contribution in [1.82, 2.24) is 34.6 Å². The van der Waals surface area contributed by atoms with E-state index in [0.29, 0.717) is 81.3 Å². The van der Waals surface area contributed by atoms with Crippen LogP contribution in [0.4, 0.5) is 51.4 Å². The van der Waals surface area contributed by atoms with Gasteiger partial charge in [0.2, 0.25) is 0 Å². The van der Waals surface area contributed by atoms with Gasteiger partial charge in [0.05, 0.1) is 120 Å². The summed E-state index contributed by atoms with van der Waals surface area (Å²) in [5, 5.41) is 113. The van der Waals surface area contributed by atoms with Gasteiger partial charge in [0.25, 0.3) is 0 Å². The van der Waals surface area contributed by atoms with Gasteiger partial charge in [-0.05, 0) is 42.0 Å². The molecule has 8 rings (SSSR count). The van der Waals surface area contributed by atoms with Gasteiger partial charge in [0.1, 0.15) is 46.0 Å². The molecule has 3 aromatic carbocycles. The fourth-order valence-corrected chi connectivity index (χ4v) is 7.08. The maximum absolute atomic E-state index is 10.2. The zero-order valence-corrected chi connectivity index (χ0v) is 39.8. The molecule has 0 aliphatic carbocycles. The van der Waals surface area contributed by atoms with Crippen molar-refractivity contribution in [3.63, 3.8) is 0 Å². The third-order valence-corrected chi connectivity index (χ3v) is 10.9. The molecule has 0 atom stereocenters. The number of nitrogen functional groups attached to an aromatic ring is 6. The number of β-amino-alcohol motifs (C(OH)–C–C–N with tert-alkyl or cyclic N) is 3. The van der Waals surface area contributed by atoms with Gasteiger partial charge in [-0.25, -0.2) is 39.4 Å². The molecular formula is C45H58N22O7. The van der Waals surface area contributed by atoms with Crippen LogP contribution in [0.25, 0.3) is 0 Å². The topological polar surface area (TPSA) is 489 Å². The Bertz CT molecular complexity index is 2910. The Hall–Kier alpha value is -9.29. The fraction of sp³-hybridized carbons (Fsp3) is 0.267. The van der Waals surface area contributed by atoms with E-state index < -0.39 is 0 Å². The zero-order valence-electron chi connectivity index (χ0n) is 39.8. The standard InChI is InChI=1S/C17H23N9O2.C17H21N7O4.C11H14N6O/c18-12-7-13(19)14(24-15-9-23-26(2-4-28)17(15)21)6-10(12)5-11-8-22-25(1-3-27)16(11)20;18-16-11(8-20-23(16)1-3-25)5-10-6-12(15(28)7-14(10)27)22-13-9-21-24(2-4-26)17(13)19;12-7-1-2-9(8(13)5-7)16-10-6-15-17(3-4-18)11(10)14/h6-9,21,27-28H,1-5,18-20H2;6-9,19,25-28H,1-5,18H2;1-2,5-6,14,18H,3-4,12-13H2. The van der Waals surface area contributed by atoms with Crippen LogP contribution in [0.3, 0.4) is 0 Å². The average Bonchev–Trinajstić information content (AvgIpc) is 4.18. The number of hydrazone groups is 3. The minimum Gasteiger partial charge on any atom is -0.508 e. The summed E-state index contributed by atoms with van der Waals surface area (Å²) in [5.41, 5.74) is 42.3. The van der Waals surface area contributed by atoms with Gasteiger partial charge in [-0.2, -0.15) is 25.5 Å². The summed E-state index contributed by atoms with van der Waals surface area (Å²) in [7, 11) is 0. The second-order valence-electron chi connectivity index (χ2n) is 16.1. The highest BCUT2D eigenvalue weighted by Gasteiger charge is 2.23. The van der Waals surface area contributed by atoms with Crippen LogP contribution >= 0.6 is 0 Å². The molecule has 0 unspecified atom stereocenters. The quantitative estimate of drug-likeness (QED) is 0.0525. The van der Waals surface area contributed by atoms with Crippen molar-refractivity contribution in [3.05, 3.63) is 77.1 Å². The molecule has 0 saturated carbocycles. The molecule has 74 heavy (non-hydrogen) atoms. The first-order valence-electron chi connectivity index (χ1n) is 22.5. The normalized spacial score (nSPS) is 15.6. The van der Waals surface area contributed by atoms with Crippen LogP contribution < -0.4 is 34.4 Å². The van der Waals surface area contributed by atoms with Crippen LogP contribution in [0.1, 0.15) is 22.3 Å². The number of hydrogen-bond acceptors (Lipinski definition) is 24. The lowest BCUT2D eigenvalue weighted by Crippen LogP contribution is -2.28.